The number of aromatic hydroxyl groups is 1. The molecule has 1 aromatic carbocycles. The summed E-state index contributed by atoms with van der Waals surface area (Å²) >= 11 is 0. The predicted octanol–water partition coefficient (Wildman–Crippen LogP) is 4.03. The fraction of sp³-hybridized carbons (Fsp3) is 0.222. The molecule has 0 fully saturated rings. The van der Waals surface area contributed by atoms with E-state index in [2.05, 4.69) is 15.2 Å². The quantitative estimate of drug-likeness (QED) is 0.532. The van der Waals surface area contributed by atoms with E-state index in [-0.39, 0.29) is 29.5 Å². The van der Waals surface area contributed by atoms with E-state index >= 15 is 0 Å². The van der Waals surface area contributed by atoms with Gasteiger partial charge in [0.05, 0.1) is 13.2 Å². The maximum absolute atomic E-state index is 12.2. The van der Waals surface area contributed by atoms with Gasteiger partial charge in [0.1, 0.15) is 11.4 Å². The normalized spacial score (nSPS) is 11.2. The first-order valence-electron chi connectivity index (χ1n) is 8.16. The molecule has 134 valence electrons. The molecule has 3 aromatic rings. The van der Waals surface area contributed by atoms with Gasteiger partial charge in [-0.05, 0) is 38.1 Å². The van der Waals surface area contributed by atoms with Crippen LogP contribution in [-0.2, 0) is 4.74 Å². The number of hydrogen-bond donors (Lipinski definition) is 1. The number of pyridine rings is 1. The van der Waals surface area contributed by atoms with Gasteiger partial charge in [0, 0.05) is 6.20 Å². The molecule has 3 rings (SSSR count). The van der Waals surface area contributed by atoms with Crippen molar-refractivity contribution >= 4 is 23.1 Å². The summed E-state index contributed by atoms with van der Waals surface area (Å²) in [5, 5.41) is 18.4. The lowest BCUT2D eigenvalue weighted by Crippen LogP contribution is -2.05. The van der Waals surface area contributed by atoms with Gasteiger partial charge in [-0.25, -0.2) is 9.78 Å². The third kappa shape index (κ3) is 3.34. The van der Waals surface area contributed by atoms with Gasteiger partial charge in [-0.3, -0.25) is 4.40 Å². The molecule has 0 radical (unpaired) electrons. The van der Waals surface area contributed by atoms with Crippen molar-refractivity contribution < 1.29 is 19.4 Å². The van der Waals surface area contributed by atoms with Crippen LogP contribution in [0, 0.1) is 0 Å². The van der Waals surface area contributed by atoms with Crippen LogP contribution in [0.5, 0.6) is 11.5 Å². The Morgan fingerprint density at radius 2 is 1.96 bits per heavy atom. The zero-order chi connectivity index (χ0) is 18.5. The molecule has 1 N–H and O–H groups in total. The summed E-state index contributed by atoms with van der Waals surface area (Å²) in [6.45, 7) is 4.26. The third-order valence-electron chi connectivity index (χ3n) is 3.49. The lowest BCUT2D eigenvalue weighted by molar-refractivity contribution is 0.0521. The van der Waals surface area contributed by atoms with Crippen molar-refractivity contribution in [3.63, 3.8) is 0 Å². The minimum atomic E-state index is -0.636. The first-order chi connectivity index (χ1) is 12.7. The minimum Gasteiger partial charge on any atom is -0.504 e. The van der Waals surface area contributed by atoms with Gasteiger partial charge in [0.15, 0.2) is 22.9 Å². The molecule has 0 aliphatic heterocycles. The summed E-state index contributed by atoms with van der Waals surface area (Å²) in [7, 11) is 0. The topological polar surface area (TPSA) is 97.8 Å². The third-order valence-corrected chi connectivity index (χ3v) is 3.49. The Labute approximate surface area is 149 Å². The van der Waals surface area contributed by atoms with Crippen LogP contribution in [0.25, 0.3) is 5.65 Å². The highest BCUT2D eigenvalue weighted by atomic mass is 16.5. The van der Waals surface area contributed by atoms with Crippen molar-refractivity contribution in [1.29, 1.82) is 0 Å². The van der Waals surface area contributed by atoms with E-state index in [1.165, 1.54) is 10.5 Å². The summed E-state index contributed by atoms with van der Waals surface area (Å²) in [6, 6.07) is 10.3. The van der Waals surface area contributed by atoms with Gasteiger partial charge >= 0.3 is 5.97 Å². The van der Waals surface area contributed by atoms with Crippen molar-refractivity contribution in [1.82, 2.24) is 9.38 Å². The number of esters is 1. The number of aromatic nitrogens is 2. The molecule has 0 aliphatic carbocycles. The zero-order valence-electron chi connectivity index (χ0n) is 14.4. The van der Waals surface area contributed by atoms with Crippen molar-refractivity contribution in [3.05, 3.63) is 48.3 Å². The highest BCUT2D eigenvalue weighted by molar-refractivity contribution is 5.93. The van der Waals surface area contributed by atoms with Crippen LogP contribution in [0.2, 0.25) is 0 Å². The van der Waals surface area contributed by atoms with Crippen LogP contribution < -0.4 is 4.74 Å². The van der Waals surface area contributed by atoms with E-state index in [0.29, 0.717) is 18.0 Å². The standard InChI is InChI=1S/C18H18N4O4/c1-3-25-14-10-6-5-8-12(14)20-21-17-15(18(24)26-4-2)19-16-13(23)9-7-11-22(16)17/h5-11,23H,3-4H2,1-2H3. The van der Waals surface area contributed by atoms with Crippen LogP contribution in [-0.4, -0.2) is 33.7 Å². The first kappa shape index (κ1) is 17.4. The molecule has 2 heterocycles. The van der Waals surface area contributed by atoms with E-state index in [1.54, 1.807) is 31.3 Å². The molecule has 0 amide bonds. The number of fused-ring (bicyclic) bond motifs is 1. The van der Waals surface area contributed by atoms with Crippen LogP contribution in [0.15, 0.2) is 52.8 Å². The van der Waals surface area contributed by atoms with Gasteiger partial charge in [0.2, 0.25) is 0 Å². The number of ether oxygens (including phenoxy) is 2. The number of benzene rings is 1. The van der Waals surface area contributed by atoms with Crippen molar-refractivity contribution in [3.8, 4) is 11.5 Å². The van der Waals surface area contributed by atoms with Crippen molar-refractivity contribution in [2.75, 3.05) is 13.2 Å². The van der Waals surface area contributed by atoms with Gasteiger partial charge in [-0.2, -0.15) is 0 Å². The van der Waals surface area contributed by atoms with Crippen LogP contribution >= 0.6 is 0 Å². The van der Waals surface area contributed by atoms with E-state index in [1.807, 2.05) is 19.1 Å². The fourth-order valence-electron chi connectivity index (χ4n) is 2.39. The van der Waals surface area contributed by atoms with Gasteiger partial charge in [-0.15, -0.1) is 10.2 Å². The van der Waals surface area contributed by atoms with Crippen LogP contribution in [0.4, 0.5) is 11.5 Å². The molecule has 26 heavy (non-hydrogen) atoms. The predicted molar refractivity (Wildman–Crippen MR) is 94.6 cm³/mol. The Morgan fingerprint density at radius 1 is 1.15 bits per heavy atom. The molecule has 2 aromatic heterocycles. The fourth-order valence-corrected chi connectivity index (χ4v) is 2.39. The summed E-state index contributed by atoms with van der Waals surface area (Å²) in [6.07, 6.45) is 1.63. The number of rotatable bonds is 6. The first-order valence-corrected chi connectivity index (χ1v) is 8.16. The van der Waals surface area contributed by atoms with Gasteiger partial charge in [0.25, 0.3) is 0 Å². The van der Waals surface area contributed by atoms with E-state index in [0.717, 1.165) is 0 Å². The Balaban J connectivity index is 2.10. The monoisotopic (exact) mass is 354 g/mol. The van der Waals surface area contributed by atoms with E-state index in [9.17, 15) is 9.90 Å². The lowest BCUT2D eigenvalue weighted by Gasteiger charge is -2.05. The molecule has 0 aliphatic rings. The minimum absolute atomic E-state index is 0.0222. The van der Waals surface area contributed by atoms with Gasteiger partial charge in [-0.1, -0.05) is 12.1 Å². The summed E-state index contributed by atoms with van der Waals surface area (Å²) < 4.78 is 12.0. The number of imidazole rings is 1. The number of hydrogen-bond acceptors (Lipinski definition) is 7. The highest BCUT2D eigenvalue weighted by Gasteiger charge is 2.22. The zero-order valence-corrected chi connectivity index (χ0v) is 14.4. The molecular weight excluding hydrogens is 336 g/mol. The molecular formula is C18H18N4O4. The average Bonchev–Trinajstić information content (AvgIpc) is 3.02. The number of carbonyl (C=O) groups is 1. The van der Waals surface area contributed by atoms with E-state index < -0.39 is 5.97 Å². The summed E-state index contributed by atoms with van der Waals surface area (Å²) in [5.74, 6) is 0.0330. The smallest absolute Gasteiger partial charge is 0.360 e. The molecule has 0 atom stereocenters. The Hall–Kier alpha value is -3.42. The van der Waals surface area contributed by atoms with Gasteiger partial charge < -0.3 is 14.6 Å². The molecule has 0 unspecified atom stereocenters. The second kappa shape index (κ2) is 7.64. The van der Waals surface area contributed by atoms with Crippen LogP contribution in [0.1, 0.15) is 24.3 Å². The molecule has 8 nitrogen and oxygen atoms in total. The number of para-hydroxylation sites is 1. The molecule has 0 spiro atoms. The maximum atomic E-state index is 12.2. The second-order valence-electron chi connectivity index (χ2n) is 5.19. The summed E-state index contributed by atoms with van der Waals surface area (Å²) in [5.41, 5.74) is 0.688. The molecule has 0 saturated carbocycles. The average molecular weight is 354 g/mol. The maximum Gasteiger partial charge on any atom is 0.360 e. The van der Waals surface area contributed by atoms with E-state index in [4.69, 9.17) is 9.47 Å². The molecule has 8 heteroatoms. The Morgan fingerprint density at radius 3 is 2.73 bits per heavy atom. The molecule has 0 saturated heterocycles. The van der Waals surface area contributed by atoms with Crippen molar-refractivity contribution in [2.24, 2.45) is 10.2 Å². The largest absolute Gasteiger partial charge is 0.504 e. The Kier molecular flexibility index (Phi) is 5.12. The number of carbonyl (C=O) groups excluding carboxylic acids is 1. The SMILES string of the molecule is CCOC(=O)c1nc2c(O)cccn2c1N=Nc1ccccc1OCC. The summed E-state index contributed by atoms with van der Waals surface area (Å²) in [4.78, 5) is 16.4. The molecule has 0 bridgehead atoms. The number of azo groups is 1. The van der Waals surface area contributed by atoms with Crippen molar-refractivity contribution in [2.45, 2.75) is 13.8 Å². The second-order valence-corrected chi connectivity index (χ2v) is 5.19. The van der Waals surface area contributed by atoms with Crippen LogP contribution in [0.3, 0.4) is 0 Å². The number of nitrogens with zero attached hydrogens (tertiary/aromatic N) is 4. The Bertz CT molecular complexity index is 965. The lowest BCUT2D eigenvalue weighted by atomic mass is 10.3. The highest BCUT2D eigenvalue weighted by Crippen LogP contribution is 2.31.